The molecule has 4 fully saturated rings. The lowest BCUT2D eigenvalue weighted by molar-refractivity contribution is -0.188. The van der Waals surface area contributed by atoms with E-state index >= 15 is 0 Å². The second kappa shape index (κ2) is 7.83. The third kappa shape index (κ3) is 3.19. The van der Waals surface area contributed by atoms with Crippen LogP contribution in [0.5, 0.6) is 0 Å². The first-order chi connectivity index (χ1) is 15.8. The van der Waals surface area contributed by atoms with Crippen molar-refractivity contribution in [1.82, 2.24) is 5.32 Å². The van der Waals surface area contributed by atoms with Crippen molar-refractivity contribution in [3.8, 4) is 0 Å². The fourth-order valence-electron chi connectivity index (χ4n) is 11.4. The Morgan fingerprint density at radius 2 is 1.59 bits per heavy atom. The summed E-state index contributed by atoms with van der Waals surface area (Å²) in [5, 5.41) is 3.71. The lowest BCUT2D eigenvalue weighted by Gasteiger charge is -2.71. The minimum Gasteiger partial charge on any atom is -0.384 e. The number of hydrogen-bond donors (Lipinski definition) is 1. The molecule has 0 bridgehead atoms. The summed E-state index contributed by atoms with van der Waals surface area (Å²) in [5.74, 6) is 2.36. The molecular weight excluding hydrogens is 414 g/mol. The Kier molecular flexibility index (Phi) is 5.83. The number of allylic oxidation sites excluding steroid dienone is 2. The van der Waals surface area contributed by atoms with E-state index in [4.69, 9.17) is 4.74 Å². The number of methoxy groups -OCH3 is 1. The van der Waals surface area contributed by atoms with Crippen molar-refractivity contribution < 1.29 is 4.74 Å². The molecule has 4 unspecified atom stereocenters. The van der Waals surface area contributed by atoms with Gasteiger partial charge in [0.25, 0.3) is 0 Å². The summed E-state index contributed by atoms with van der Waals surface area (Å²) in [5.41, 5.74) is 4.32. The van der Waals surface area contributed by atoms with E-state index in [1.807, 2.05) is 12.7 Å². The molecule has 5 aliphatic rings. The van der Waals surface area contributed by atoms with Gasteiger partial charge in [-0.3, -0.25) is 0 Å². The highest BCUT2D eigenvalue weighted by Gasteiger charge is 2.68. The zero-order valence-corrected chi connectivity index (χ0v) is 24.1. The molecule has 0 aliphatic heterocycles. The summed E-state index contributed by atoms with van der Waals surface area (Å²) in [6, 6.07) is 0.661. The van der Waals surface area contributed by atoms with Gasteiger partial charge in [0.1, 0.15) is 0 Å². The van der Waals surface area contributed by atoms with Gasteiger partial charge in [-0.25, -0.2) is 0 Å². The highest BCUT2D eigenvalue weighted by Crippen LogP contribution is 2.75. The molecule has 0 spiro atoms. The van der Waals surface area contributed by atoms with Gasteiger partial charge in [-0.05, 0) is 116 Å². The smallest absolute Gasteiger partial charge is 0.0524 e. The molecule has 5 aliphatic carbocycles. The molecule has 0 saturated heterocycles. The van der Waals surface area contributed by atoms with Crippen molar-refractivity contribution in [2.24, 2.45) is 50.2 Å². The summed E-state index contributed by atoms with van der Waals surface area (Å²) in [7, 11) is 4.13. The highest BCUT2D eigenvalue weighted by molar-refractivity contribution is 5.34. The molecule has 4 saturated carbocycles. The second-order valence-electron chi connectivity index (χ2n) is 15.7. The Morgan fingerprint density at radius 3 is 2.26 bits per heavy atom. The maximum absolute atomic E-state index is 5.95. The lowest BCUT2D eigenvalue weighted by Crippen LogP contribution is -2.65. The Bertz CT molecular complexity index is 842. The van der Waals surface area contributed by atoms with Gasteiger partial charge >= 0.3 is 0 Å². The average molecular weight is 470 g/mol. The molecule has 2 heteroatoms. The van der Waals surface area contributed by atoms with E-state index in [1.54, 1.807) is 0 Å². The van der Waals surface area contributed by atoms with Crippen LogP contribution in [0.1, 0.15) is 113 Å². The Hall–Kier alpha value is -0.340. The first-order valence-corrected chi connectivity index (χ1v) is 14.7. The maximum Gasteiger partial charge on any atom is 0.0524 e. The molecule has 34 heavy (non-hydrogen) atoms. The predicted molar refractivity (Wildman–Crippen MR) is 144 cm³/mol. The van der Waals surface area contributed by atoms with E-state index in [0.717, 1.165) is 24.4 Å². The van der Waals surface area contributed by atoms with Crippen molar-refractivity contribution in [1.29, 1.82) is 0 Å². The number of hydrogen-bond acceptors (Lipinski definition) is 2. The van der Waals surface area contributed by atoms with Crippen molar-refractivity contribution in [3.63, 3.8) is 0 Å². The second-order valence-corrected chi connectivity index (χ2v) is 15.7. The van der Waals surface area contributed by atoms with Crippen molar-refractivity contribution in [2.75, 3.05) is 20.8 Å². The van der Waals surface area contributed by atoms with E-state index in [2.05, 4.69) is 66.9 Å². The van der Waals surface area contributed by atoms with E-state index in [1.165, 1.54) is 64.2 Å². The van der Waals surface area contributed by atoms with E-state index in [0.29, 0.717) is 38.5 Å². The van der Waals surface area contributed by atoms with Gasteiger partial charge in [0.2, 0.25) is 0 Å². The number of rotatable bonds is 3. The largest absolute Gasteiger partial charge is 0.384 e. The topological polar surface area (TPSA) is 21.3 Å². The predicted octanol–water partition coefficient (Wildman–Crippen LogP) is 8.02. The van der Waals surface area contributed by atoms with Gasteiger partial charge in [0.15, 0.2) is 0 Å². The molecular formula is C32H55NO. The Morgan fingerprint density at radius 1 is 0.882 bits per heavy atom. The van der Waals surface area contributed by atoms with Gasteiger partial charge in [-0.15, -0.1) is 0 Å². The van der Waals surface area contributed by atoms with E-state index in [9.17, 15) is 0 Å². The fraction of sp³-hybridized carbons (Fsp3) is 0.938. The summed E-state index contributed by atoms with van der Waals surface area (Å²) >= 11 is 0. The van der Waals surface area contributed by atoms with E-state index < -0.39 is 0 Å². The highest BCUT2D eigenvalue weighted by atomic mass is 16.5. The summed E-state index contributed by atoms with van der Waals surface area (Å²) in [6.45, 7) is 19.4. The number of fused-ring (bicyclic) bond motifs is 7. The quantitative estimate of drug-likeness (QED) is 0.422. The minimum absolute atomic E-state index is 0.350. The number of ether oxygens (including phenoxy) is 1. The van der Waals surface area contributed by atoms with Crippen LogP contribution in [0.4, 0.5) is 0 Å². The number of nitrogens with one attached hydrogen (secondary N) is 1. The summed E-state index contributed by atoms with van der Waals surface area (Å²) < 4.78 is 5.95. The first kappa shape index (κ1) is 25.3. The van der Waals surface area contributed by atoms with Crippen molar-refractivity contribution in [2.45, 2.75) is 119 Å². The molecule has 0 aromatic rings. The molecule has 1 N–H and O–H groups in total. The van der Waals surface area contributed by atoms with Crippen LogP contribution in [-0.2, 0) is 4.74 Å². The van der Waals surface area contributed by atoms with Crippen LogP contribution < -0.4 is 5.32 Å². The van der Waals surface area contributed by atoms with Gasteiger partial charge in [-0.2, -0.15) is 0 Å². The molecule has 2 nitrogen and oxygen atoms in total. The van der Waals surface area contributed by atoms with Crippen LogP contribution in [0.25, 0.3) is 0 Å². The molecule has 0 aromatic carbocycles. The standard InChI is InChI=1S/C32H55NO/c1-27(2)16-18-32(21-34-9)19-17-30(6)22(23(32)20-27)10-11-25-29(5)14-13-26(33-8)28(3,4)24(29)12-15-31(25,30)7/h10,23-26,33H,11-21H2,1-9H3/t23?,24?,25?,26?,29-,30+,31+,32+/m0/s1. The summed E-state index contributed by atoms with van der Waals surface area (Å²) in [6.07, 6.45) is 16.5. The van der Waals surface area contributed by atoms with Crippen LogP contribution in [0.15, 0.2) is 11.6 Å². The molecule has 0 heterocycles. The lowest BCUT2D eigenvalue weighted by atomic mass is 9.33. The molecule has 0 radical (unpaired) electrons. The molecule has 5 rings (SSSR count). The third-order valence-electron chi connectivity index (χ3n) is 13.6. The summed E-state index contributed by atoms with van der Waals surface area (Å²) in [4.78, 5) is 0. The van der Waals surface area contributed by atoms with Crippen LogP contribution in [0.2, 0.25) is 0 Å². The van der Waals surface area contributed by atoms with Crippen LogP contribution in [0, 0.1) is 50.2 Å². The molecule has 0 amide bonds. The Balaban J connectivity index is 1.56. The maximum atomic E-state index is 5.95. The normalized spacial score (nSPS) is 51.4. The molecule has 0 aromatic heterocycles. The van der Waals surface area contributed by atoms with Gasteiger partial charge in [0, 0.05) is 18.6 Å². The van der Waals surface area contributed by atoms with Gasteiger partial charge in [0.05, 0.1) is 6.61 Å². The minimum atomic E-state index is 0.350. The fourth-order valence-corrected chi connectivity index (χ4v) is 11.4. The van der Waals surface area contributed by atoms with Crippen molar-refractivity contribution >= 4 is 0 Å². The van der Waals surface area contributed by atoms with Gasteiger partial charge in [-0.1, -0.05) is 60.1 Å². The zero-order valence-electron chi connectivity index (χ0n) is 24.1. The third-order valence-corrected chi connectivity index (χ3v) is 13.6. The molecule has 194 valence electrons. The van der Waals surface area contributed by atoms with E-state index in [-0.39, 0.29) is 0 Å². The SMILES string of the molecule is CNC1CC[C@@]2(C)C(CC[C@]3(C)C2CC=C2C4CC(C)(C)CC[C@]4(COC)CC[C@]23C)C1(C)C. The monoisotopic (exact) mass is 469 g/mol. The van der Waals surface area contributed by atoms with Crippen LogP contribution in [0.3, 0.4) is 0 Å². The molecule has 8 atom stereocenters. The first-order valence-electron chi connectivity index (χ1n) is 14.7. The Labute approximate surface area is 211 Å². The van der Waals surface area contributed by atoms with Crippen LogP contribution in [-0.4, -0.2) is 26.8 Å². The average Bonchev–Trinajstić information content (AvgIpc) is 2.75. The van der Waals surface area contributed by atoms with Crippen LogP contribution >= 0.6 is 0 Å². The van der Waals surface area contributed by atoms with Gasteiger partial charge < -0.3 is 10.1 Å². The zero-order chi connectivity index (χ0) is 24.8. The van der Waals surface area contributed by atoms with Crippen molar-refractivity contribution in [3.05, 3.63) is 11.6 Å².